The number of hydrogen-bond donors (Lipinski definition) is 5. The highest BCUT2D eigenvalue weighted by Crippen LogP contribution is 2.12. The van der Waals surface area contributed by atoms with E-state index >= 15 is 0 Å². The Morgan fingerprint density at radius 2 is 1.59 bits per heavy atom. The number of hydrogen-bond acceptors (Lipinski definition) is 6. The van der Waals surface area contributed by atoms with E-state index in [0.717, 1.165) is 10.9 Å². The van der Waals surface area contributed by atoms with Gasteiger partial charge in [0.2, 0.25) is 11.8 Å². The number of primary amides is 1. The molecule has 0 aliphatic heterocycles. The predicted molar refractivity (Wildman–Crippen MR) is 117 cm³/mol. The summed E-state index contributed by atoms with van der Waals surface area (Å²) in [4.78, 5) is 41.2. The first-order chi connectivity index (χ1) is 15.3. The van der Waals surface area contributed by atoms with Gasteiger partial charge in [-0.15, -0.1) is 0 Å². The van der Waals surface area contributed by atoms with Crippen molar-refractivity contribution in [1.82, 2.24) is 15.6 Å². The lowest BCUT2D eigenvalue weighted by molar-refractivity contribution is -0.131. The zero-order valence-corrected chi connectivity index (χ0v) is 17.1. The van der Waals surface area contributed by atoms with Crippen molar-refractivity contribution in [2.45, 2.75) is 31.2 Å². The Balaban J connectivity index is 1.74. The van der Waals surface area contributed by atoms with Crippen LogP contribution in [0.5, 0.6) is 0 Å². The normalized spacial score (nSPS) is 12.8. The largest absolute Gasteiger partial charge is 0.370 e. The molecule has 3 amide bonds. The van der Waals surface area contributed by atoms with Gasteiger partial charge in [0.1, 0.15) is 11.7 Å². The monoisotopic (exact) mass is 436 g/mol. The molecule has 1 heterocycles. The molecule has 9 heteroatoms. The molecule has 9 nitrogen and oxygen atoms in total. The molecule has 1 aromatic heterocycles. The number of nitrogens with zero attached hydrogens (tertiary/aromatic N) is 1. The fraction of sp³-hybridized carbons (Fsp3) is 0.217. The van der Waals surface area contributed by atoms with Crippen molar-refractivity contribution in [2.75, 3.05) is 0 Å². The summed E-state index contributed by atoms with van der Waals surface area (Å²) in [6.45, 7) is 0. The second-order valence-electron chi connectivity index (χ2n) is 7.30. The van der Waals surface area contributed by atoms with E-state index in [2.05, 4.69) is 15.6 Å². The molecule has 6 N–H and O–H groups in total. The Morgan fingerprint density at radius 3 is 2.28 bits per heavy atom. The van der Waals surface area contributed by atoms with Gasteiger partial charge in [-0.05, 0) is 24.1 Å². The first-order valence-electron chi connectivity index (χ1n) is 9.99. The number of aliphatic hydroxyl groups excluding tert-OH is 1. The summed E-state index contributed by atoms with van der Waals surface area (Å²) in [5.74, 6) is -2.24. The highest BCUT2D eigenvalue weighted by molar-refractivity contribution is 5.99. The van der Waals surface area contributed by atoms with Crippen LogP contribution >= 0.6 is 0 Å². The van der Waals surface area contributed by atoms with E-state index in [1.54, 1.807) is 42.5 Å². The number of carbonyl (C=O) groups excluding carboxylic acids is 3. The maximum absolute atomic E-state index is 12.8. The number of rotatable bonds is 9. The van der Waals surface area contributed by atoms with Gasteiger partial charge in [-0.1, -0.05) is 54.6 Å². The van der Waals surface area contributed by atoms with Gasteiger partial charge in [-0.25, -0.2) is 4.98 Å². The van der Waals surface area contributed by atoms with Crippen LogP contribution in [-0.4, -0.2) is 51.3 Å². The van der Waals surface area contributed by atoms with Gasteiger partial charge in [0.25, 0.3) is 5.91 Å². The van der Waals surface area contributed by atoms with Gasteiger partial charge in [-0.2, -0.15) is 0 Å². The predicted octanol–water partition coefficient (Wildman–Crippen LogP) is 0.247. The summed E-state index contributed by atoms with van der Waals surface area (Å²) in [5.41, 5.74) is 6.68. The lowest BCUT2D eigenvalue weighted by atomic mass is 10.0. The van der Waals surface area contributed by atoms with E-state index in [0.29, 0.717) is 5.52 Å². The summed E-state index contributed by atoms with van der Waals surface area (Å²) < 4.78 is 0. The number of carbonyl (C=O) groups is 3. The standard InChI is InChI=1S/C23H24N4O5/c24-20(28)13-18(22(30)27-19(23(31)32)12-14-6-2-1-3-7-14)26-21(29)17-11-10-15-8-4-5-9-16(15)25-17/h1-11,18-19,23,31-32H,12-13H2,(H2,24,28)(H,26,29)(H,27,30)/t18-,19-/m0/s1. The van der Waals surface area contributed by atoms with E-state index in [4.69, 9.17) is 5.73 Å². The molecule has 0 saturated heterocycles. The Bertz CT molecular complexity index is 1100. The fourth-order valence-corrected chi connectivity index (χ4v) is 3.22. The second-order valence-corrected chi connectivity index (χ2v) is 7.30. The van der Waals surface area contributed by atoms with Crippen LogP contribution in [0.2, 0.25) is 0 Å². The molecule has 0 radical (unpaired) electrons. The first kappa shape index (κ1) is 22.9. The number of amides is 3. The number of nitrogens with two attached hydrogens (primary N) is 1. The van der Waals surface area contributed by atoms with E-state index in [1.807, 2.05) is 18.2 Å². The van der Waals surface area contributed by atoms with Crippen LogP contribution in [-0.2, 0) is 16.0 Å². The molecular weight excluding hydrogens is 412 g/mol. The highest BCUT2D eigenvalue weighted by Gasteiger charge is 2.28. The molecule has 3 aromatic rings. The molecule has 0 aliphatic rings. The molecule has 0 aliphatic carbocycles. The number of aromatic nitrogens is 1. The van der Waals surface area contributed by atoms with E-state index in [-0.39, 0.29) is 12.1 Å². The van der Waals surface area contributed by atoms with Crippen molar-refractivity contribution in [3.8, 4) is 0 Å². The smallest absolute Gasteiger partial charge is 0.270 e. The topological polar surface area (TPSA) is 155 Å². The van der Waals surface area contributed by atoms with Gasteiger partial charge >= 0.3 is 0 Å². The van der Waals surface area contributed by atoms with Crippen LogP contribution < -0.4 is 16.4 Å². The number of pyridine rings is 1. The molecule has 0 bridgehead atoms. The average molecular weight is 436 g/mol. The number of para-hydroxylation sites is 1. The molecule has 0 fully saturated rings. The van der Waals surface area contributed by atoms with E-state index in [9.17, 15) is 24.6 Å². The van der Waals surface area contributed by atoms with Crippen molar-refractivity contribution in [1.29, 1.82) is 0 Å². The quantitative estimate of drug-likeness (QED) is 0.303. The third kappa shape index (κ3) is 6.10. The van der Waals surface area contributed by atoms with Crippen LogP contribution in [0.3, 0.4) is 0 Å². The Labute approximate surface area is 184 Å². The van der Waals surface area contributed by atoms with E-state index < -0.39 is 42.5 Å². The molecule has 2 atom stereocenters. The van der Waals surface area contributed by atoms with Gasteiger partial charge < -0.3 is 26.6 Å². The third-order valence-corrected chi connectivity index (χ3v) is 4.84. The van der Waals surface area contributed by atoms with Crippen LogP contribution in [0.15, 0.2) is 66.7 Å². The molecule has 166 valence electrons. The van der Waals surface area contributed by atoms with Crippen molar-refractivity contribution in [3.63, 3.8) is 0 Å². The van der Waals surface area contributed by atoms with E-state index in [1.165, 1.54) is 6.07 Å². The van der Waals surface area contributed by atoms with Crippen molar-refractivity contribution in [2.24, 2.45) is 5.73 Å². The van der Waals surface area contributed by atoms with Gasteiger partial charge in [0.15, 0.2) is 6.29 Å². The number of fused-ring (bicyclic) bond motifs is 1. The lowest BCUT2D eigenvalue weighted by Gasteiger charge is -2.24. The van der Waals surface area contributed by atoms with Crippen LogP contribution in [0, 0.1) is 0 Å². The number of aliphatic hydroxyl groups is 2. The number of nitrogens with one attached hydrogen (secondary N) is 2. The summed E-state index contributed by atoms with van der Waals surface area (Å²) in [6.07, 6.45) is -2.19. The van der Waals surface area contributed by atoms with Gasteiger partial charge in [-0.3, -0.25) is 14.4 Å². The molecule has 0 spiro atoms. The molecule has 0 saturated carbocycles. The van der Waals surface area contributed by atoms with Crippen LogP contribution in [0.1, 0.15) is 22.5 Å². The Morgan fingerprint density at radius 1 is 0.906 bits per heavy atom. The highest BCUT2D eigenvalue weighted by atomic mass is 16.5. The summed E-state index contributed by atoms with van der Waals surface area (Å²) in [5, 5.41) is 25.2. The maximum atomic E-state index is 12.8. The van der Waals surface area contributed by atoms with Crippen LogP contribution in [0.25, 0.3) is 10.9 Å². The summed E-state index contributed by atoms with van der Waals surface area (Å²) in [7, 11) is 0. The van der Waals surface area contributed by atoms with Crippen molar-refractivity contribution in [3.05, 3.63) is 78.0 Å². The first-order valence-corrected chi connectivity index (χ1v) is 9.99. The SMILES string of the molecule is NC(=O)C[C@H](NC(=O)c1ccc2ccccc2n1)C(=O)N[C@@H](Cc1ccccc1)C(O)O. The zero-order chi connectivity index (χ0) is 23.1. The van der Waals surface area contributed by atoms with Crippen LogP contribution in [0.4, 0.5) is 0 Å². The minimum atomic E-state index is -1.86. The Hall–Kier alpha value is -3.82. The van der Waals surface area contributed by atoms with Crippen molar-refractivity contribution < 1.29 is 24.6 Å². The van der Waals surface area contributed by atoms with Gasteiger partial charge in [0.05, 0.1) is 18.0 Å². The average Bonchev–Trinajstić information content (AvgIpc) is 2.78. The fourth-order valence-electron chi connectivity index (χ4n) is 3.22. The second kappa shape index (κ2) is 10.5. The van der Waals surface area contributed by atoms with Crippen molar-refractivity contribution >= 4 is 28.6 Å². The molecule has 2 aromatic carbocycles. The zero-order valence-electron chi connectivity index (χ0n) is 17.1. The summed E-state index contributed by atoms with van der Waals surface area (Å²) in [6, 6.07) is 17.0. The Kier molecular flexibility index (Phi) is 7.48. The minimum absolute atomic E-state index is 0.0639. The maximum Gasteiger partial charge on any atom is 0.270 e. The summed E-state index contributed by atoms with van der Waals surface area (Å²) >= 11 is 0. The molecule has 32 heavy (non-hydrogen) atoms. The minimum Gasteiger partial charge on any atom is -0.370 e. The lowest BCUT2D eigenvalue weighted by Crippen LogP contribution is -2.54. The molecule has 0 unspecified atom stereocenters. The van der Waals surface area contributed by atoms with Gasteiger partial charge in [0, 0.05) is 5.39 Å². The molecular formula is C23H24N4O5. The third-order valence-electron chi connectivity index (χ3n) is 4.84. The number of benzene rings is 2. The molecule has 3 rings (SSSR count).